The third-order valence-electron chi connectivity index (χ3n) is 4.40. The van der Waals surface area contributed by atoms with Crippen molar-refractivity contribution < 1.29 is 14.1 Å². The molecule has 3 aromatic rings. The molecule has 0 aliphatic rings. The highest BCUT2D eigenvalue weighted by Crippen LogP contribution is 2.32. The van der Waals surface area contributed by atoms with E-state index >= 15 is 0 Å². The molecule has 2 aromatic carbocycles. The van der Waals surface area contributed by atoms with Gasteiger partial charge in [0.25, 0.3) is 11.5 Å². The number of aryl methyl sites for hydroxylation is 1. The first-order valence-corrected chi connectivity index (χ1v) is 9.89. The Hall–Kier alpha value is -2.64. The number of aromatic nitrogens is 1. The van der Waals surface area contributed by atoms with Gasteiger partial charge in [0.05, 0.1) is 26.6 Å². The summed E-state index contributed by atoms with van der Waals surface area (Å²) < 4.78 is 13.4. The summed E-state index contributed by atoms with van der Waals surface area (Å²) in [5.41, 5.74) is -0.0978. The molecule has 0 spiro atoms. The molecule has 0 fully saturated rings. The molecule has 0 aliphatic heterocycles. The lowest BCUT2D eigenvalue weighted by Crippen LogP contribution is -2.34. The maximum Gasteiger partial charge on any atom is 0.267 e. The maximum atomic E-state index is 13.0. The Labute approximate surface area is 163 Å². The van der Waals surface area contributed by atoms with E-state index in [1.54, 1.807) is 42.5 Å². The first kappa shape index (κ1) is 19.1. The van der Waals surface area contributed by atoms with Crippen LogP contribution in [-0.2, 0) is 17.8 Å². The van der Waals surface area contributed by atoms with Gasteiger partial charge in [-0.1, -0.05) is 17.7 Å². The Bertz CT molecular complexity index is 1140. The molecular formula is C19H17ClN2O4S. The zero-order valence-electron chi connectivity index (χ0n) is 14.9. The fraction of sp³-hybridized carbons (Fsp3) is 0.158. The fourth-order valence-electron chi connectivity index (χ4n) is 2.92. The summed E-state index contributed by atoms with van der Waals surface area (Å²) in [6, 6.07) is 11.4. The van der Waals surface area contributed by atoms with Crippen LogP contribution in [0.3, 0.4) is 0 Å². The van der Waals surface area contributed by atoms with Crippen LogP contribution in [0.15, 0.2) is 52.2 Å². The molecule has 0 aliphatic carbocycles. The van der Waals surface area contributed by atoms with Gasteiger partial charge in [-0.3, -0.25) is 13.8 Å². The number of pyridine rings is 1. The number of halogens is 1. The van der Waals surface area contributed by atoms with Gasteiger partial charge >= 0.3 is 0 Å². The number of fused-ring (bicyclic) bond motifs is 1. The van der Waals surface area contributed by atoms with Crippen LogP contribution in [0.1, 0.15) is 10.4 Å². The van der Waals surface area contributed by atoms with E-state index in [2.05, 4.69) is 0 Å². The number of anilines is 1. The minimum atomic E-state index is -1.41. The molecule has 1 unspecified atom stereocenters. The van der Waals surface area contributed by atoms with Crippen molar-refractivity contribution in [3.05, 3.63) is 63.4 Å². The number of carbonyl (C=O) groups excluding carboxylic acids is 1. The molecule has 1 amide bonds. The lowest BCUT2D eigenvalue weighted by atomic mass is 10.1. The maximum absolute atomic E-state index is 13.0. The quantitative estimate of drug-likeness (QED) is 0.727. The topological polar surface area (TPSA) is 79.6 Å². The Balaban J connectivity index is 2.26. The number of carbonyl (C=O) groups is 1. The lowest BCUT2D eigenvalue weighted by molar-refractivity contribution is 0.0988. The van der Waals surface area contributed by atoms with Gasteiger partial charge in [0, 0.05) is 31.1 Å². The molecule has 0 bridgehead atoms. The Morgan fingerprint density at radius 1 is 1.19 bits per heavy atom. The van der Waals surface area contributed by atoms with E-state index in [-0.39, 0.29) is 10.9 Å². The SMILES string of the molecule is CN(C(=O)c1c(O)c2c(S(C)=O)cccc2n(C)c1=O)c1ccc(Cl)cc1. The van der Waals surface area contributed by atoms with E-state index in [4.69, 9.17) is 11.6 Å². The molecule has 140 valence electrons. The second-order valence-corrected chi connectivity index (χ2v) is 7.82. The third kappa shape index (κ3) is 3.24. The predicted molar refractivity (Wildman–Crippen MR) is 107 cm³/mol. The highest BCUT2D eigenvalue weighted by molar-refractivity contribution is 7.84. The minimum Gasteiger partial charge on any atom is -0.506 e. The van der Waals surface area contributed by atoms with E-state index in [0.29, 0.717) is 21.1 Å². The molecular weight excluding hydrogens is 388 g/mol. The number of amides is 1. The molecule has 3 rings (SSSR count). The molecule has 0 saturated heterocycles. The van der Waals surface area contributed by atoms with Crippen molar-refractivity contribution in [3.8, 4) is 5.75 Å². The largest absolute Gasteiger partial charge is 0.506 e. The van der Waals surface area contributed by atoms with Crippen molar-refractivity contribution >= 4 is 44.9 Å². The van der Waals surface area contributed by atoms with Gasteiger partial charge in [0.1, 0.15) is 11.3 Å². The second kappa shape index (κ2) is 7.17. The molecule has 8 heteroatoms. The van der Waals surface area contributed by atoms with Gasteiger partial charge in [-0.2, -0.15) is 0 Å². The zero-order valence-corrected chi connectivity index (χ0v) is 16.5. The van der Waals surface area contributed by atoms with Gasteiger partial charge in [0.15, 0.2) is 0 Å². The minimum absolute atomic E-state index is 0.230. The molecule has 0 radical (unpaired) electrons. The average molecular weight is 405 g/mol. The number of rotatable bonds is 3. The predicted octanol–water partition coefficient (Wildman–Crippen LogP) is 2.91. The fourth-order valence-corrected chi connectivity index (χ4v) is 3.81. The van der Waals surface area contributed by atoms with Crippen molar-refractivity contribution in [1.82, 2.24) is 4.57 Å². The third-order valence-corrected chi connectivity index (χ3v) is 5.61. The highest BCUT2D eigenvalue weighted by Gasteiger charge is 2.26. The van der Waals surface area contributed by atoms with Crippen LogP contribution in [-0.4, -0.2) is 33.1 Å². The van der Waals surface area contributed by atoms with Gasteiger partial charge in [-0.05, 0) is 36.4 Å². The van der Waals surface area contributed by atoms with E-state index in [1.165, 1.54) is 29.8 Å². The number of hydrogen-bond donors (Lipinski definition) is 1. The smallest absolute Gasteiger partial charge is 0.267 e. The summed E-state index contributed by atoms with van der Waals surface area (Å²) >= 11 is 5.87. The Morgan fingerprint density at radius 3 is 2.41 bits per heavy atom. The summed E-state index contributed by atoms with van der Waals surface area (Å²) in [5.74, 6) is -1.14. The van der Waals surface area contributed by atoms with Crippen molar-refractivity contribution in [3.63, 3.8) is 0 Å². The molecule has 1 atom stereocenters. The van der Waals surface area contributed by atoms with Crippen molar-refractivity contribution in [2.75, 3.05) is 18.2 Å². The van der Waals surface area contributed by atoms with E-state index < -0.39 is 28.0 Å². The number of hydrogen-bond acceptors (Lipinski definition) is 4. The summed E-state index contributed by atoms with van der Waals surface area (Å²) in [5, 5.41) is 11.5. The van der Waals surface area contributed by atoms with Crippen LogP contribution in [0.2, 0.25) is 5.02 Å². The van der Waals surface area contributed by atoms with Gasteiger partial charge in [-0.25, -0.2) is 0 Å². The average Bonchev–Trinajstić information content (AvgIpc) is 2.65. The first-order valence-electron chi connectivity index (χ1n) is 7.95. The lowest BCUT2D eigenvalue weighted by Gasteiger charge is -2.19. The summed E-state index contributed by atoms with van der Waals surface area (Å²) in [7, 11) is 1.59. The first-order chi connectivity index (χ1) is 12.7. The van der Waals surface area contributed by atoms with Gasteiger partial charge < -0.3 is 14.6 Å². The van der Waals surface area contributed by atoms with Crippen molar-refractivity contribution in [2.45, 2.75) is 4.90 Å². The molecule has 27 heavy (non-hydrogen) atoms. The van der Waals surface area contributed by atoms with Crippen LogP contribution < -0.4 is 10.5 Å². The standard InChI is InChI=1S/C19H17ClN2O4S/c1-21(12-9-7-11(20)8-10-12)18(24)16-17(23)15-13(22(2)19(16)25)5-4-6-14(15)27(3)26/h4-10,23H,1-3H3. The van der Waals surface area contributed by atoms with Crippen molar-refractivity contribution in [1.29, 1.82) is 0 Å². The summed E-state index contributed by atoms with van der Waals surface area (Å²) in [4.78, 5) is 27.4. The molecule has 1 aromatic heterocycles. The summed E-state index contributed by atoms with van der Waals surface area (Å²) in [6.07, 6.45) is 1.47. The number of nitrogens with zero attached hydrogens (tertiary/aromatic N) is 2. The van der Waals surface area contributed by atoms with E-state index in [0.717, 1.165) is 0 Å². The second-order valence-electron chi connectivity index (χ2n) is 6.03. The molecule has 6 nitrogen and oxygen atoms in total. The van der Waals surface area contributed by atoms with Crippen LogP contribution in [0.4, 0.5) is 5.69 Å². The summed E-state index contributed by atoms with van der Waals surface area (Å²) in [6.45, 7) is 0. The Morgan fingerprint density at radius 2 is 1.81 bits per heavy atom. The zero-order chi connectivity index (χ0) is 19.9. The molecule has 0 saturated carbocycles. The number of benzene rings is 2. The van der Waals surface area contributed by atoms with Crippen LogP contribution in [0.25, 0.3) is 10.9 Å². The van der Waals surface area contributed by atoms with E-state index in [1.807, 2.05) is 0 Å². The Kier molecular flexibility index (Phi) is 5.08. The van der Waals surface area contributed by atoms with Crippen LogP contribution in [0.5, 0.6) is 5.75 Å². The van der Waals surface area contributed by atoms with E-state index in [9.17, 15) is 18.9 Å². The molecule has 1 N–H and O–H groups in total. The van der Waals surface area contributed by atoms with Crippen LogP contribution >= 0.6 is 11.6 Å². The van der Waals surface area contributed by atoms with Gasteiger partial charge in [-0.15, -0.1) is 0 Å². The normalized spacial score (nSPS) is 12.1. The van der Waals surface area contributed by atoms with Crippen LogP contribution in [0, 0.1) is 0 Å². The monoisotopic (exact) mass is 404 g/mol. The molecule has 1 heterocycles. The highest BCUT2D eigenvalue weighted by atomic mass is 35.5. The van der Waals surface area contributed by atoms with Gasteiger partial charge in [0.2, 0.25) is 0 Å². The number of aromatic hydroxyl groups is 1. The van der Waals surface area contributed by atoms with Crippen molar-refractivity contribution in [2.24, 2.45) is 7.05 Å².